The van der Waals surface area contributed by atoms with Gasteiger partial charge in [0.25, 0.3) is 0 Å². The van der Waals surface area contributed by atoms with Crippen molar-refractivity contribution < 1.29 is 4.39 Å². The molecule has 23 heavy (non-hydrogen) atoms. The van der Waals surface area contributed by atoms with E-state index in [-0.39, 0.29) is 5.82 Å². The Hall–Kier alpha value is -2.46. The number of anilines is 1. The Morgan fingerprint density at radius 2 is 1.65 bits per heavy atom. The molecule has 0 aliphatic heterocycles. The minimum atomic E-state index is -0.231. The number of nitrogens with zero attached hydrogens (tertiary/aromatic N) is 2. The molecule has 3 rings (SSSR count). The zero-order valence-corrected chi connectivity index (χ0v) is 13.8. The quantitative estimate of drug-likeness (QED) is 0.657. The summed E-state index contributed by atoms with van der Waals surface area (Å²) in [6.07, 6.45) is 4.05. The first-order valence-electron chi connectivity index (χ1n) is 7.29. The van der Waals surface area contributed by atoms with Gasteiger partial charge in [-0.05, 0) is 48.0 Å². The Kier molecular flexibility index (Phi) is 4.53. The summed E-state index contributed by atoms with van der Waals surface area (Å²) in [5.41, 5.74) is 4.11. The van der Waals surface area contributed by atoms with E-state index in [9.17, 15) is 4.39 Å². The summed E-state index contributed by atoms with van der Waals surface area (Å²) in [7, 11) is 4.05. The first kappa shape index (κ1) is 15.4. The second-order valence-corrected chi connectivity index (χ2v) is 6.29. The van der Waals surface area contributed by atoms with Gasteiger partial charge in [-0.1, -0.05) is 18.2 Å². The van der Waals surface area contributed by atoms with Crippen molar-refractivity contribution >= 4 is 29.2 Å². The number of halogens is 1. The van der Waals surface area contributed by atoms with Gasteiger partial charge >= 0.3 is 0 Å². The van der Waals surface area contributed by atoms with Gasteiger partial charge in [-0.2, -0.15) is 0 Å². The highest BCUT2D eigenvalue weighted by Gasteiger charge is 2.03. The Bertz CT molecular complexity index is 802. The normalized spacial score (nSPS) is 11.1. The Labute approximate surface area is 139 Å². The lowest BCUT2D eigenvalue weighted by molar-refractivity contribution is 0.628. The van der Waals surface area contributed by atoms with E-state index in [1.807, 2.05) is 31.6 Å². The van der Waals surface area contributed by atoms with E-state index in [4.69, 9.17) is 0 Å². The first-order valence-corrected chi connectivity index (χ1v) is 8.17. The number of benzene rings is 2. The lowest BCUT2D eigenvalue weighted by Gasteiger charge is -2.11. The monoisotopic (exact) mass is 324 g/mol. The topological polar surface area (TPSA) is 16.1 Å². The molecule has 1 aromatic heterocycles. The minimum absolute atomic E-state index is 0.231. The predicted molar refractivity (Wildman–Crippen MR) is 97.2 cm³/mol. The molecule has 0 unspecified atom stereocenters. The molecule has 0 N–H and O–H groups in total. The van der Waals surface area contributed by atoms with Crippen LogP contribution < -0.4 is 4.90 Å². The van der Waals surface area contributed by atoms with Crippen LogP contribution >= 0.6 is 11.3 Å². The number of thiazole rings is 1. The fourth-order valence-electron chi connectivity index (χ4n) is 2.17. The molecule has 0 aliphatic rings. The molecule has 0 atom stereocenters. The van der Waals surface area contributed by atoms with Gasteiger partial charge in [0.15, 0.2) is 0 Å². The molecular formula is C19H17FN2S. The summed E-state index contributed by atoms with van der Waals surface area (Å²) in [5.74, 6) is -0.231. The highest BCUT2D eigenvalue weighted by molar-refractivity contribution is 7.10. The van der Waals surface area contributed by atoms with Crippen LogP contribution in [0.4, 0.5) is 10.1 Å². The number of rotatable bonds is 4. The van der Waals surface area contributed by atoms with Crippen LogP contribution in [0.1, 0.15) is 10.6 Å². The molecule has 2 nitrogen and oxygen atoms in total. The van der Waals surface area contributed by atoms with E-state index in [1.54, 1.807) is 23.5 Å². The van der Waals surface area contributed by atoms with Crippen molar-refractivity contribution in [3.05, 3.63) is 70.3 Å². The largest absolute Gasteiger partial charge is 0.378 e. The lowest BCUT2D eigenvalue weighted by Crippen LogP contribution is -2.07. The third-order valence-corrected chi connectivity index (χ3v) is 4.30. The van der Waals surface area contributed by atoms with E-state index >= 15 is 0 Å². The third-order valence-electron chi connectivity index (χ3n) is 3.49. The smallest absolute Gasteiger partial charge is 0.123 e. The second kappa shape index (κ2) is 6.75. The van der Waals surface area contributed by atoms with E-state index in [0.29, 0.717) is 0 Å². The molecule has 1 heterocycles. The zero-order valence-electron chi connectivity index (χ0n) is 13.0. The van der Waals surface area contributed by atoms with Crippen molar-refractivity contribution in [2.45, 2.75) is 0 Å². The van der Waals surface area contributed by atoms with E-state index in [1.165, 1.54) is 17.8 Å². The molecule has 0 amide bonds. The molecule has 2 aromatic carbocycles. The van der Waals surface area contributed by atoms with Crippen LogP contribution in [0.5, 0.6) is 0 Å². The average Bonchev–Trinajstić information content (AvgIpc) is 3.03. The Balaban J connectivity index is 1.74. The molecule has 3 aromatic rings. The fraction of sp³-hybridized carbons (Fsp3) is 0.105. The van der Waals surface area contributed by atoms with Gasteiger partial charge in [0.2, 0.25) is 0 Å². The summed E-state index contributed by atoms with van der Waals surface area (Å²) < 4.78 is 13.0. The summed E-state index contributed by atoms with van der Waals surface area (Å²) >= 11 is 1.58. The lowest BCUT2D eigenvalue weighted by atomic mass is 10.2. The van der Waals surface area contributed by atoms with Gasteiger partial charge in [0, 0.05) is 30.7 Å². The van der Waals surface area contributed by atoms with E-state index in [2.05, 4.69) is 34.1 Å². The molecule has 4 heteroatoms. The molecule has 0 aliphatic carbocycles. The first-order chi connectivity index (χ1) is 11.1. The van der Waals surface area contributed by atoms with Crippen LogP contribution in [0.3, 0.4) is 0 Å². The highest BCUT2D eigenvalue weighted by atomic mass is 32.1. The number of hydrogen-bond donors (Lipinski definition) is 0. The molecule has 0 fully saturated rings. The van der Waals surface area contributed by atoms with Gasteiger partial charge in [-0.15, -0.1) is 11.3 Å². The number of hydrogen-bond acceptors (Lipinski definition) is 3. The molecule has 116 valence electrons. The second-order valence-electron chi connectivity index (χ2n) is 5.40. The summed E-state index contributed by atoms with van der Waals surface area (Å²) in [5, 5.41) is 2.92. The molecule has 0 spiro atoms. The van der Waals surface area contributed by atoms with Gasteiger partial charge in [-0.3, -0.25) is 0 Å². The van der Waals surface area contributed by atoms with Crippen LogP contribution in [0, 0.1) is 5.82 Å². The van der Waals surface area contributed by atoms with Gasteiger partial charge in [0.05, 0.1) is 5.69 Å². The zero-order chi connectivity index (χ0) is 16.2. The average molecular weight is 324 g/mol. The standard InChI is InChI=1S/C19H17FN2S/c1-22(2)17-10-3-14(4-11-17)5-12-19-21-18(13-23-19)15-6-8-16(20)9-7-15/h3-13H,1-2H3. The van der Waals surface area contributed by atoms with E-state index in [0.717, 1.165) is 21.8 Å². The summed E-state index contributed by atoms with van der Waals surface area (Å²) in [6.45, 7) is 0. The SMILES string of the molecule is CN(C)c1ccc(C=Cc2nc(-c3ccc(F)cc3)cs2)cc1. The van der Waals surface area contributed by atoms with Crippen molar-refractivity contribution in [2.24, 2.45) is 0 Å². The maximum Gasteiger partial charge on any atom is 0.123 e. The van der Waals surface area contributed by atoms with Gasteiger partial charge < -0.3 is 4.90 Å². The van der Waals surface area contributed by atoms with Crippen LogP contribution in [0.25, 0.3) is 23.4 Å². The van der Waals surface area contributed by atoms with Crippen molar-refractivity contribution in [1.82, 2.24) is 4.98 Å². The summed E-state index contributed by atoms with van der Waals surface area (Å²) in [6, 6.07) is 14.8. The van der Waals surface area contributed by atoms with Crippen LogP contribution in [-0.2, 0) is 0 Å². The third kappa shape index (κ3) is 3.85. The molecule has 0 radical (unpaired) electrons. The van der Waals surface area contributed by atoms with Crippen molar-refractivity contribution in [3.8, 4) is 11.3 Å². The van der Waals surface area contributed by atoms with E-state index < -0.39 is 0 Å². The van der Waals surface area contributed by atoms with Crippen LogP contribution in [-0.4, -0.2) is 19.1 Å². The maximum absolute atomic E-state index is 13.0. The van der Waals surface area contributed by atoms with Crippen molar-refractivity contribution in [2.75, 3.05) is 19.0 Å². The van der Waals surface area contributed by atoms with Crippen molar-refractivity contribution in [3.63, 3.8) is 0 Å². The Morgan fingerprint density at radius 1 is 0.957 bits per heavy atom. The highest BCUT2D eigenvalue weighted by Crippen LogP contribution is 2.23. The summed E-state index contributed by atoms with van der Waals surface area (Å²) in [4.78, 5) is 6.64. The van der Waals surface area contributed by atoms with Gasteiger partial charge in [0.1, 0.15) is 10.8 Å². The van der Waals surface area contributed by atoms with Crippen LogP contribution in [0.2, 0.25) is 0 Å². The molecule has 0 saturated carbocycles. The maximum atomic E-state index is 13.0. The number of aromatic nitrogens is 1. The molecular weight excluding hydrogens is 307 g/mol. The molecule has 0 saturated heterocycles. The minimum Gasteiger partial charge on any atom is -0.378 e. The fourth-order valence-corrected chi connectivity index (χ4v) is 2.89. The molecule has 0 bridgehead atoms. The van der Waals surface area contributed by atoms with Crippen LogP contribution in [0.15, 0.2) is 53.9 Å². The van der Waals surface area contributed by atoms with Gasteiger partial charge in [-0.25, -0.2) is 9.37 Å². The Morgan fingerprint density at radius 3 is 2.30 bits per heavy atom. The predicted octanol–water partition coefficient (Wildman–Crippen LogP) is 5.19. The van der Waals surface area contributed by atoms with Crippen molar-refractivity contribution in [1.29, 1.82) is 0 Å².